The van der Waals surface area contributed by atoms with E-state index in [4.69, 9.17) is 5.11 Å². The van der Waals surface area contributed by atoms with Gasteiger partial charge in [0.2, 0.25) is 0 Å². The molecule has 0 saturated carbocycles. The summed E-state index contributed by atoms with van der Waals surface area (Å²) in [5.41, 5.74) is 3.39. The van der Waals surface area contributed by atoms with Crippen molar-refractivity contribution in [3.8, 4) is 0 Å². The summed E-state index contributed by atoms with van der Waals surface area (Å²) >= 11 is 0. The van der Waals surface area contributed by atoms with Crippen LogP contribution in [-0.2, 0) is 4.79 Å². The van der Waals surface area contributed by atoms with Gasteiger partial charge >= 0.3 is 5.97 Å². The molecule has 6 heteroatoms. The molecule has 0 aliphatic rings. The van der Waals surface area contributed by atoms with Crippen LogP contribution in [0.15, 0.2) is 24.5 Å². The van der Waals surface area contributed by atoms with Crippen LogP contribution in [0.25, 0.3) is 6.08 Å². The maximum Gasteiger partial charge on any atom is 0.328 e. The van der Waals surface area contributed by atoms with Gasteiger partial charge in [0.1, 0.15) is 0 Å². The summed E-state index contributed by atoms with van der Waals surface area (Å²) < 4.78 is 0. The average molecular weight is 235 g/mol. The number of carboxylic acids is 1. The lowest BCUT2D eigenvalue weighted by Gasteiger charge is -2.12. The number of hydrazine groups is 1. The van der Waals surface area contributed by atoms with Crippen molar-refractivity contribution in [2.45, 2.75) is 0 Å². The van der Waals surface area contributed by atoms with Crippen molar-refractivity contribution in [1.82, 2.24) is 15.4 Å². The van der Waals surface area contributed by atoms with Gasteiger partial charge in [0.15, 0.2) is 0 Å². The van der Waals surface area contributed by atoms with Crippen LogP contribution in [0, 0.1) is 0 Å². The lowest BCUT2D eigenvalue weighted by molar-refractivity contribution is -0.131. The summed E-state index contributed by atoms with van der Waals surface area (Å²) in [4.78, 5) is 26.0. The van der Waals surface area contributed by atoms with Gasteiger partial charge in [-0.1, -0.05) is 0 Å². The molecule has 17 heavy (non-hydrogen) atoms. The number of amides is 1. The van der Waals surface area contributed by atoms with Gasteiger partial charge in [-0.05, 0) is 12.1 Å². The average Bonchev–Trinajstić information content (AvgIpc) is 2.25. The van der Waals surface area contributed by atoms with Crippen LogP contribution >= 0.6 is 0 Å². The summed E-state index contributed by atoms with van der Waals surface area (Å²) in [5, 5.41) is 10.0. The Bertz CT molecular complexity index is 455. The molecule has 0 saturated heterocycles. The Morgan fingerprint density at radius 1 is 1.47 bits per heavy atom. The Morgan fingerprint density at radius 3 is 2.76 bits per heavy atom. The van der Waals surface area contributed by atoms with Crippen LogP contribution in [0.2, 0.25) is 0 Å². The molecule has 1 aromatic rings. The zero-order valence-corrected chi connectivity index (χ0v) is 9.54. The van der Waals surface area contributed by atoms with Crippen molar-refractivity contribution in [1.29, 1.82) is 0 Å². The molecule has 0 unspecified atom stereocenters. The Kier molecular flexibility index (Phi) is 4.36. The SMILES string of the molecule is CN(C)NC(=O)c1ccncc1/C=C/C(=O)O. The standard InChI is InChI=1S/C11H13N3O3/c1-14(2)13-11(17)9-5-6-12-7-8(9)3-4-10(15)16/h3-7H,1-2H3,(H,13,17)(H,15,16)/b4-3+. The molecule has 1 amide bonds. The fourth-order valence-electron chi connectivity index (χ4n) is 1.17. The number of aliphatic carboxylic acids is 1. The van der Waals surface area contributed by atoms with E-state index in [0.29, 0.717) is 11.1 Å². The van der Waals surface area contributed by atoms with Crippen molar-refractivity contribution in [2.75, 3.05) is 14.1 Å². The van der Waals surface area contributed by atoms with E-state index in [2.05, 4.69) is 10.4 Å². The van der Waals surface area contributed by atoms with E-state index in [0.717, 1.165) is 6.08 Å². The van der Waals surface area contributed by atoms with Crippen LogP contribution in [0.1, 0.15) is 15.9 Å². The molecule has 1 rings (SSSR count). The van der Waals surface area contributed by atoms with Crippen molar-refractivity contribution >= 4 is 18.0 Å². The number of carbonyl (C=O) groups excluding carboxylic acids is 1. The highest BCUT2D eigenvalue weighted by Crippen LogP contribution is 2.09. The number of carbonyl (C=O) groups is 2. The summed E-state index contributed by atoms with van der Waals surface area (Å²) in [6.45, 7) is 0. The van der Waals surface area contributed by atoms with Crippen LogP contribution in [0.4, 0.5) is 0 Å². The fraction of sp³-hybridized carbons (Fsp3) is 0.182. The number of carboxylic acid groups (broad SMARTS) is 1. The lowest BCUT2D eigenvalue weighted by atomic mass is 10.1. The van der Waals surface area contributed by atoms with E-state index in [1.165, 1.54) is 29.5 Å². The van der Waals surface area contributed by atoms with E-state index in [-0.39, 0.29) is 5.91 Å². The van der Waals surface area contributed by atoms with Gasteiger partial charge in [-0.15, -0.1) is 0 Å². The van der Waals surface area contributed by atoms with Gasteiger partial charge in [0.25, 0.3) is 5.91 Å². The quantitative estimate of drug-likeness (QED) is 0.582. The van der Waals surface area contributed by atoms with E-state index < -0.39 is 5.97 Å². The molecule has 2 N–H and O–H groups in total. The third-order valence-corrected chi connectivity index (χ3v) is 1.83. The molecular weight excluding hydrogens is 222 g/mol. The Hall–Kier alpha value is -2.21. The van der Waals surface area contributed by atoms with Crippen LogP contribution in [0.3, 0.4) is 0 Å². The second-order valence-electron chi connectivity index (χ2n) is 3.47. The minimum absolute atomic E-state index is 0.317. The molecule has 0 aliphatic heterocycles. The zero-order chi connectivity index (χ0) is 12.8. The monoisotopic (exact) mass is 235 g/mol. The molecule has 0 bridgehead atoms. The van der Waals surface area contributed by atoms with E-state index in [9.17, 15) is 9.59 Å². The van der Waals surface area contributed by atoms with Gasteiger partial charge in [0.05, 0.1) is 5.56 Å². The number of nitrogens with one attached hydrogen (secondary N) is 1. The molecule has 0 fully saturated rings. The molecule has 0 aromatic carbocycles. The number of aromatic nitrogens is 1. The third-order valence-electron chi connectivity index (χ3n) is 1.83. The predicted octanol–water partition coefficient (Wildman–Crippen LogP) is 0.386. The first-order valence-electron chi connectivity index (χ1n) is 4.84. The Morgan fingerprint density at radius 2 is 2.18 bits per heavy atom. The van der Waals surface area contributed by atoms with Crippen LogP contribution in [0.5, 0.6) is 0 Å². The Labute approximate surface area is 98.5 Å². The summed E-state index contributed by atoms with van der Waals surface area (Å²) in [5.74, 6) is -1.39. The zero-order valence-electron chi connectivity index (χ0n) is 9.54. The van der Waals surface area contributed by atoms with Gasteiger partial charge in [-0.3, -0.25) is 15.2 Å². The largest absolute Gasteiger partial charge is 0.478 e. The number of hydrogen-bond acceptors (Lipinski definition) is 4. The molecular formula is C11H13N3O3. The predicted molar refractivity (Wildman–Crippen MR) is 62.1 cm³/mol. The van der Waals surface area contributed by atoms with Crippen molar-refractivity contribution < 1.29 is 14.7 Å². The maximum atomic E-state index is 11.8. The first-order valence-corrected chi connectivity index (χ1v) is 4.84. The number of rotatable bonds is 4. The minimum atomic E-state index is -1.08. The highest BCUT2D eigenvalue weighted by molar-refractivity contribution is 5.98. The van der Waals surface area contributed by atoms with Crippen molar-refractivity contribution in [3.05, 3.63) is 35.7 Å². The van der Waals surface area contributed by atoms with Crippen LogP contribution < -0.4 is 5.43 Å². The normalized spacial score (nSPS) is 10.8. The van der Waals surface area contributed by atoms with Crippen molar-refractivity contribution in [3.63, 3.8) is 0 Å². The first kappa shape index (κ1) is 12.9. The van der Waals surface area contributed by atoms with E-state index in [1.807, 2.05) is 0 Å². The molecule has 1 aromatic heterocycles. The maximum absolute atomic E-state index is 11.8. The molecule has 1 heterocycles. The number of nitrogens with zero attached hydrogens (tertiary/aromatic N) is 2. The number of pyridine rings is 1. The smallest absolute Gasteiger partial charge is 0.328 e. The highest BCUT2D eigenvalue weighted by atomic mass is 16.4. The van der Waals surface area contributed by atoms with Gasteiger partial charge in [-0.2, -0.15) is 0 Å². The van der Waals surface area contributed by atoms with Gasteiger partial charge < -0.3 is 5.11 Å². The molecule has 6 nitrogen and oxygen atoms in total. The van der Waals surface area contributed by atoms with Crippen molar-refractivity contribution in [2.24, 2.45) is 0 Å². The molecule has 0 aliphatic carbocycles. The Balaban J connectivity index is 2.99. The second kappa shape index (κ2) is 5.76. The highest BCUT2D eigenvalue weighted by Gasteiger charge is 2.09. The third kappa shape index (κ3) is 4.04. The molecule has 90 valence electrons. The summed E-state index contributed by atoms with van der Waals surface area (Å²) in [7, 11) is 3.37. The summed E-state index contributed by atoms with van der Waals surface area (Å²) in [6.07, 6.45) is 5.20. The topological polar surface area (TPSA) is 82.5 Å². The minimum Gasteiger partial charge on any atom is -0.478 e. The molecule has 0 spiro atoms. The van der Waals surface area contributed by atoms with Gasteiger partial charge in [0, 0.05) is 38.1 Å². The summed E-state index contributed by atoms with van der Waals surface area (Å²) in [6, 6.07) is 1.53. The fourth-order valence-corrected chi connectivity index (χ4v) is 1.17. The number of hydrogen-bond donors (Lipinski definition) is 2. The van der Waals surface area contributed by atoms with Gasteiger partial charge in [-0.25, -0.2) is 9.80 Å². The van der Waals surface area contributed by atoms with E-state index in [1.54, 1.807) is 14.1 Å². The first-order chi connectivity index (χ1) is 8.00. The second-order valence-corrected chi connectivity index (χ2v) is 3.47. The van der Waals surface area contributed by atoms with Crippen LogP contribution in [-0.4, -0.2) is 41.1 Å². The molecule has 0 radical (unpaired) electrons. The molecule has 0 atom stereocenters. The lowest BCUT2D eigenvalue weighted by Crippen LogP contribution is -2.36. The van der Waals surface area contributed by atoms with E-state index >= 15 is 0 Å².